The Morgan fingerprint density at radius 2 is 2.15 bits per heavy atom. The minimum atomic E-state index is -0.299. The second kappa shape index (κ2) is 9.69. The van der Waals surface area contributed by atoms with Crippen LogP contribution in [0.3, 0.4) is 0 Å². The number of hydrogen-bond donors (Lipinski definition) is 2. The Hall–Kier alpha value is -2.15. The summed E-state index contributed by atoms with van der Waals surface area (Å²) in [5, 5.41) is 6.61. The summed E-state index contributed by atoms with van der Waals surface area (Å²) >= 11 is 0. The van der Waals surface area contributed by atoms with Crippen molar-refractivity contribution in [2.45, 2.75) is 25.7 Å². The number of carbonyl (C=O) groups is 1. The second-order valence-electron chi connectivity index (χ2n) is 7.81. The molecule has 150 valence electrons. The van der Waals surface area contributed by atoms with E-state index in [1.165, 1.54) is 11.0 Å². The van der Waals surface area contributed by atoms with Crippen LogP contribution in [-0.4, -0.2) is 63.7 Å². The Kier molecular flexibility index (Phi) is 7.59. The minimum Gasteiger partial charge on any atom is -0.381 e. The molecular formula is C20H31FN4O2. The fraction of sp³-hybridized carbons (Fsp3) is 0.600. The molecule has 1 unspecified atom stereocenters. The number of nitrogens with zero attached hydrogens (tertiary/aromatic N) is 2. The summed E-state index contributed by atoms with van der Waals surface area (Å²) in [7, 11) is 3.42. The van der Waals surface area contributed by atoms with E-state index < -0.39 is 0 Å². The van der Waals surface area contributed by atoms with Gasteiger partial charge in [-0.25, -0.2) is 9.38 Å². The van der Waals surface area contributed by atoms with Crippen molar-refractivity contribution in [1.29, 1.82) is 0 Å². The number of hydrogen-bond acceptors (Lipinski definition) is 3. The average Bonchev–Trinajstić information content (AvgIpc) is 3.14. The predicted octanol–water partition coefficient (Wildman–Crippen LogP) is 1.76. The number of likely N-dealkylation sites (N-methyl/N-ethyl adjacent to an activating group) is 1. The van der Waals surface area contributed by atoms with Crippen molar-refractivity contribution in [2.24, 2.45) is 10.9 Å². The molecule has 1 aromatic rings. The third-order valence-corrected chi connectivity index (χ3v) is 4.76. The van der Waals surface area contributed by atoms with E-state index in [1.807, 2.05) is 19.9 Å². The number of aliphatic imine (C=N–C) groups is 1. The number of ether oxygens (including phenoxy) is 1. The van der Waals surface area contributed by atoms with Crippen LogP contribution < -0.4 is 10.6 Å². The molecular weight excluding hydrogens is 347 g/mol. The molecule has 0 radical (unpaired) electrons. The molecule has 0 aliphatic carbocycles. The lowest BCUT2D eigenvalue weighted by atomic mass is 9.84. The Bertz CT molecular complexity index is 655. The number of amides is 1. The SMILES string of the molecule is CN(C)C(=O)CN=C(NCC1CCOC1)NCC(C)(C)c1cccc(F)c1. The quantitative estimate of drug-likeness (QED) is 0.561. The molecule has 0 spiro atoms. The molecule has 1 aliphatic heterocycles. The highest BCUT2D eigenvalue weighted by Gasteiger charge is 2.22. The van der Waals surface area contributed by atoms with Gasteiger partial charge in [-0.05, 0) is 24.1 Å². The number of carbonyl (C=O) groups excluding carboxylic acids is 1. The Morgan fingerprint density at radius 3 is 2.78 bits per heavy atom. The van der Waals surface area contributed by atoms with E-state index in [4.69, 9.17) is 4.74 Å². The van der Waals surface area contributed by atoms with Crippen molar-refractivity contribution in [3.63, 3.8) is 0 Å². The van der Waals surface area contributed by atoms with E-state index in [1.54, 1.807) is 26.2 Å². The van der Waals surface area contributed by atoms with Gasteiger partial charge in [0.15, 0.2) is 5.96 Å². The van der Waals surface area contributed by atoms with Gasteiger partial charge in [-0.15, -0.1) is 0 Å². The van der Waals surface area contributed by atoms with Crippen molar-refractivity contribution in [3.8, 4) is 0 Å². The van der Waals surface area contributed by atoms with Gasteiger partial charge < -0.3 is 20.3 Å². The van der Waals surface area contributed by atoms with Crippen LogP contribution in [0.2, 0.25) is 0 Å². The van der Waals surface area contributed by atoms with Gasteiger partial charge in [-0.1, -0.05) is 26.0 Å². The normalized spacial score (nSPS) is 17.7. The lowest BCUT2D eigenvalue weighted by Gasteiger charge is -2.27. The maximum atomic E-state index is 13.6. The highest BCUT2D eigenvalue weighted by atomic mass is 19.1. The van der Waals surface area contributed by atoms with Gasteiger partial charge in [0.2, 0.25) is 5.91 Å². The lowest BCUT2D eigenvalue weighted by molar-refractivity contribution is -0.127. The van der Waals surface area contributed by atoms with Crippen LogP contribution in [0, 0.1) is 11.7 Å². The first kappa shape index (κ1) is 21.2. The van der Waals surface area contributed by atoms with Crippen LogP contribution in [0.25, 0.3) is 0 Å². The predicted molar refractivity (Wildman–Crippen MR) is 105 cm³/mol. The summed E-state index contributed by atoms with van der Waals surface area (Å²) in [5.74, 6) is 0.717. The van der Waals surface area contributed by atoms with Crippen LogP contribution in [0.4, 0.5) is 4.39 Å². The molecule has 1 aromatic carbocycles. The standard InChI is InChI=1S/C20H31FN4O2/c1-20(2,16-6-5-7-17(21)10-16)14-24-19(23-12-18(26)25(3)4)22-11-15-8-9-27-13-15/h5-7,10,15H,8-9,11-14H2,1-4H3,(H2,22,23,24). The van der Waals surface area contributed by atoms with E-state index in [2.05, 4.69) is 15.6 Å². The molecule has 1 saturated heterocycles. The van der Waals surface area contributed by atoms with Gasteiger partial charge >= 0.3 is 0 Å². The first-order valence-corrected chi connectivity index (χ1v) is 9.34. The molecule has 0 aromatic heterocycles. The Balaban J connectivity index is 2.00. The molecule has 1 aliphatic rings. The molecule has 2 rings (SSSR count). The zero-order valence-corrected chi connectivity index (χ0v) is 16.7. The van der Waals surface area contributed by atoms with E-state index in [-0.39, 0.29) is 23.7 Å². The molecule has 7 heteroatoms. The largest absolute Gasteiger partial charge is 0.381 e. The highest BCUT2D eigenvalue weighted by molar-refractivity contribution is 5.84. The average molecular weight is 378 g/mol. The van der Waals surface area contributed by atoms with Crippen molar-refractivity contribution in [1.82, 2.24) is 15.5 Å². The molecule has 0 bridgehead atoms. The fourth-order valence-electron chi connectivity index (χ4n) is 2.76. The van der Waals surface area contributed by atoms with Crippen LogP contribution >= 0.6 is 0 Å². The number of benzene rings is 1. The molecule has 27 heavy (non-hydrogen) atoms. The first-order valence-electron chi connectivity index (χ1n) is 9.34. The van der Waals surface area contributed by atoms with Crippen molar-refractivity contribution < 1.29 is 13.9 Å². The smallest absolute Gasteiger partial charge is 0.243 e. The summed E-state index contributed by atoms with van der Waals surface area (Å²) in [6, 6.07) is 6.63. The van der Waals surface area contributed by atoms with Crippen molar-refractivity contribution in [3.05, 3.63) is 35.6 Å². The maximum absolute atomic E-state index is 13.6. The van der Waals surface area contributed by atoms with E-state index >= 15 is 0 Å². The van der Waals surface area contributed by atoms with E-state index in [0.29, 0.717) is 18.4 Å². The maximum Gasteiger partial charge on any atom is 0.243 e. The molecule has 6 nitrogen and oxygen atoms in total. The number of guanidine groups is 1. The highest BCUT2D eigenvalue weighted by Crippen LogP contribution is 2.22. The summed E-state index contributed by atoms with van der Waals surface area (Å²) in [4.78, 5) is 17.8. The summed E-state index contributed by atoms with van der Waals surface area (Å²) < 4.78 is 19.0. The topological polar surface area (TPSA) is 66.0 Å². The Morgan fingerprint density at radius 1 is 1.37 bits per heavy atom. The summed E-state index contributed by atoms with van der Waals surface area (Å²) in [6.45, 7) is 6.99. The molecule has 1 fully saturated rings. The van der Waals surface area contributed by atoms with Crippen LogP contribution in [-0.2, 0) is 14.9 Å². The minimum absolute atomic E-state index is 0.0651. The molecule has 0 saturated carbocycles. The van der Waals surface area contributed by atoms with Gasteiger partial charge in [0, 0.05) is 45.1 Å². The van der Waals surface area contributed by atoms with Gasteiger partial charge in [0.25, 0.3) is 0 Å². The molecule has 1 amide bonds. The van der Waals surface area contributed by atoms with Crippen molar-refractivity contribution >= 4 is 11.9 Å². The lowest BCUT2D eigenvalue weighted by Crippen LogP contribution is -2.45. The first-order chi connectivity index (χ1) is 12.8. The van der Waals surface area contributed by atoms with Crippen LogP contribution in [0.5, 0.6) is 0 Å². The summed E-state index contributed by atoms with van der Waals surface area (Å²) in [5.41, 5.74) is 0.606. The number of rotatable bonds is 7. The number of halogens is 1. The van der Waals surface area contributed by atoms with Crippen LogP contribution in [0.15, 0.2) is 29.3 Å². The molecule has 1 atom stereocenters. The monoisotopic (exact) mass is 378 g/mol. The zero-order valence-electron chi connectivity index (χ0n) is 16.7. The third-order valence-electron chi connectivity index (χ3n) is 4.76. The van der Waals surface area contributed by atoms with Gasteiger partial charge in [0.1, 0.15) is 12.4 Å². The van der Waals surface area contributed by atoms with Crippen LogP contribution in [0.1, 0.15) is 25.8 Å². The van der Waals surface area contributed by atoms with E-state index in [0.717, 1.165) is 31.7 Å². The van der Waals surface area contributed by atoms with Gasteiger partial charge in [0.05, 0.1) is 6.61 Å². The Labute approximate surface area is 161 Å². The van der Waals surface area contributed by atoms with Gasteiger partial charge in [-0.3, -0.25) is 4.79 Å². The molecule has 1 heterocycles. The fourth-order valence-corrected chi connectivity index (χ4v) is 2.76. The second-order valence-corrected chi connectivity index (χ2v) is 7.81. The van der Waals surface area contributed by atoms with E-state index in [9.17, 15) is 9.18 Å². The van der Waals surface area contributed by atoms with Crippen molar-refractivity contribution in [2.75, 3.05) is 46.9 Å². The third kappa shape index (κ3) is 6.82. The zero-order chi connectivity index (χ0) is 19.9. The summed E-state index contributed by atoms with van der Waals surface area (Å²) in [6.07, 6.45) is 1.02. The van der Waals surface area contributed by atoms with Gasteiger partial charge in [-0.2, -0.15) is 0 Å². The number of nitrogens with one attached hydrogen (secondary N) is 2. The molecule has 2 N–H and O–H groups in total.